The average Bonchev–Trinajstić information content (AvgIpc) is 1.82. The van der Waals surface area contributed by atoms with Crippen LogP contribution in [-0.4, -0.2) is 22.5 Å². The quantitative estimate of drug-likeness (QED) is 0.221. The van der Waals surface area contributed by atoms with Gasteiger partial charge in [-0.2, -0.15) is 0 Å². The van der Waals surface area contributed by atoms with Gasteiger partial charge in [0.1, 0.15) is 0 Å². The second kappa shape index (κ2) is 8.17. The molecule has 0 spiro atoms. The molecule has 0 aliphatic rings. The number of rotatable bonds is 3. The summed E-state index contributed by atoms with van der Waals surface area (Å²) in [6.45, 7) is 5.17. The Morgan fingerprint density at radius 3 is 2.20 bits per heavy atom. The Labute approximate surface area is 95.0 Å². The van der Waals surface area contributed by atoms with Crippen LogP contribution in [-0.2, 0) is 17.5 Å². The molecule has 0 aromatic carbocycles. The van der Waals surface area contributed by atoms with Gasteiger partial charge < -0.3 is 24.8 Å². The zero-order valence-corrected chi connectivity index (χ0v) is 10.2. The van der Waals surface area contributed by atoms with Crippen molar-refractivity contribution in [3.63, 3.8) is 0 Å². The fourth-order valence-electron chi connectivity index (χ4n) is 0.429. The van der Waals surface area contributed by atoms with E-state index >= 15 is 0 Å². The first-order chi connectivity index (χ1) is 4.22. The molecule has 0 saturated heterocycles. The van der Waals surface area contributed by atoms with E-state index in [2.05, 4.69) is 0 Å². The Morgan fingerprint density at radius 1 is 1.60 bits per heavy atom. The molecule has 0 heterocycles. The summed E-state index contributed by atoms with van der Waals surface area (Å²) in [5.41, 5.74) is 0. The van der Waals surface area contributed by atoms with Gasteiger partial charge in [0.25, 0.3) is 0 Å². The molecule has 0 N–H and O–H groups in total. The number of hydrogen-bond donors (Lipinski definition) is 0. The maximum Gasteiger partial charge on any atom is 1.00 e. The molecule has 0 rings (SSSR count). The second-order valence-electron chi connectivity index (χ2n) is 1.38. The fraction of sp³-hybridized carbons (Fsp3) is 0.800. The third-order valence-corrected chi connectivity index (χ3v) is 1.18. The molecule has 0 radical (unpaired) electrons. The van der Waals surface area contributed by atoms with Crippen LogP contribution in [0.25, 0.3) is 0 Å². The van der Waals surface area contributed by atoms with E-state index in [9.17, 15) is 0 Å². The van der Waals surface area contributed by atoms with Crippen LogP contribution >= 0.6 is 12.2 Å². The molecule has 0 unspecified atom stereocenters. The van der Waals surface area contributed by atoms with Gasteiger partial charge in [0, 0.05) is 6.54 Å². The largest absolute Gasteiger partial charge is 1.00 e. The van der Waals surface area contributed by atoms with Crippen molar-refractivity contribution in [2.75, 3.05) is 13.2 Å². The number of thiocarbonyl (C=S) groups is 1. The SMILES string of the molecule is CCON(CC)C(=S)[S-].[Na+]. The third-order valence-electron chi connectivity index (χ3n) is 0.776. The molecule has 5 heteroatoms. The van der Waals surface area contributed by atoms with Crippen molar-refractivity contribution in [1.29, 1.82) is 0 Å². The standard InChI is InChI=1S/C5H11NOS2.Na/c1-3-6(5(8)9)7-4-2;/h3-4H2,1-2H3,(H,8,9);/q;+1/p-1. The van der Waals surface area contributed by atoms with E-state index in [0.717, 1.165) is 6.54 Å². The van der Waals surface area contributed by atoms with Crippen molar-refractivity contribution in [2.24, 2.45) is 0 Å². The molecule has 54 valence electrons. The van der Waals surface area contributed by atoms with Crippen molar-refractivity contribution in [1.82, 2.24) is 5.06 Å². The maximum absolute atomic E-state index is 5.04. The van der Waals surface area contributed by atoms with Gasteiger partial charge in [-0.05, 0) is 18.2 Å². The Kier molecular flexibility index (Phi) is 11.1. The predicted octanol–water partition coefficient (Wildman–Crippen LogP) is -1.90. The number of hydrogen-bond acceptors (Lipinski definition) is 3. The third kappa shape index (κ3) is 5.82. The van der Waals surface area contributed by atoms with Gasteiger partial charge >= 0.3 is 29.6 Å². The summed E-state index contributed by atoms with van der Waals surface area (Å²) in [6, 6.07) is 0. The summed E-state index contributed by atoms with van der Waals surface area (Å²) in [5.74, 6) is 0. The molecule has 0 bridgehead atoms. The van der Waals surface area contributed by atoms with Crippen LogP contribution in [0.5, 0.6) is 0 Å². The van der Waals surface area contributed by atoms with E-state index in [0.29, 0.717) is 10.9 Å². The van der Waals surface area contributed by atoms with Crippen LogP contribution < -0.4 is 29.6 Å². The van der Waals surface area contributed by atoms with Crippen molar-refractivity contribution in [3.05, 3.63) is 0 Å². The first-order valence-corrected chi connectivity index (χ1v) is 3.65. The summed E-state index contributed by atoms with van der Waals surface area (Å²) in [6.07, 6.45) is 0. The first kappa shape index (κ1) is 13.6. The van der Waals surface area contributed by atoms with Gasteiger partial charge in [-0.15, -0.1) is 0 Å². The molecule has 0 amide bonds. The first-order valence-electron chi connectivity index (χ1n) is 2.83. The van der Waals surface area contributed by atoms with E-state index < -0.39 is 0 Å². The monoisotopic (exact) mass is 187 g/mol. The van der Waals surface area contributed by atoms with E-state index in [-0.39, 0.29) is 29.6 Å². The molecular weight excluding hydrogens is 177 g/mol. The molecule has 0 saturated carbocycles. The summed E-state index contributed by atoms with van der Waals surface area (Å²) < 4.78 is 0.374. The molecule has 0 fully saturated rings. The topological polar surface area (TPSA) is 12.5 Å². The van der Waals surface area contributed by atoms with Gasteiger partial charge in [-0.25, -0.2) is 0 Å². The van der Waals surface area contributed by atoms with Gasteiger partial charge in [-0.1, -0.05) is 0 Å². The molecule has 0 atom stereocenters. The van der Waals surface area contributed by atoms with Crippen LogP contribution in [0.3, 0.4) is 0 Å². The summed E-state index contributed by atoms with van der Waals surface area (Å²) in [7, 11) is 0. The van der Waals surface area contributed by atoms with Gasteiger partial charge in [0.05, 0.1) is 6.61 Å². The molecule has 0 aliphatic carbocycles. The zero-order chi connectivity index (χ0) is 7.28. The molecule has 0 aliphatic heterocycles. The normalized spacial score (nSPS) is 8.20. The predicted molar refractivity (Wildman–Crippen MR) is 44.0 cm³/mol. The Bertz CT molecular complexity index is 102. The van der Waals surface area contributed by atoms with Crippen molar-refractivity contribution in [3.8, 4) is 0 Å². The van der Waals surface area contributed by atoms with Crippen LogP contribution in [0.15, 0.2) is 0 Å². The number of hydroxylamine groups is 2. The van der Waals surface area contributed by atoms with Crippen molar-refractivity contribution >= 4 is 29.2 Å². The zero-order valence-electron chi connectivity index (χ0n) is 6.59. The Balaban J connectivity index is 0. The van der Waals surface area contributed by atoms with E-state index in [1.165, 1.54) is 5.06 Å². The van der Waals surface area contributed by atoms with E-state index in [4.69, 9.17) is 29.7 Å². The van der Waals surface area contributed by atoms with Crippen LogP contribution in [0, 0.1) is 0 Å². The molecule has 2 nitrogen and oxygen atoms in total. The fourth-order valence-corrected chi connectivity index (χ4v) is 0.793. The Morgan fingerprint density at radius 2 is 2.10 bits per heavy atom. The average molecular weight is 187 g/mol. The molecular formula is C5H10NNaOS2. The maximum atomic E-state index is 5.04. The van der Waals surface area contributed by atoms with Crippen LogP contribution in [0.4, 0.5) is 0 Å². The van der Waals surface area contributed by atoms with E-state index in [1.807, 2.05) is 13.8 Å². The van der Waals surface area contributed by atoms with Crippen molar-refractivity contribution < 1.29 is 34.4 Å². The minimum Gasteiger partial charge on any atom is -0.409 e. The van der Waals surface area contributed by atoms with Gasteiger partial charge in [0.2, 0.25) is 0 Å². The second-order valence-corrected chi connectivity index (χ2v) is 2.41. The van der Waals surface area contributed by atoms with Crippen LogP contribution in [0.2, 0.25) is 0 Å². The van der Waals surface area contributed by atoms with Gasteiger partial charge in [0.15, 0.2) is 0 Å². The Hall–Kier alpha value is 1.07. The summed E-state index contributed by atoms with van der Waals surface area (Å²) in [4.78, 5) is 5.04. The summed E-state index contributed by atoms with van der Waals surface area (Å²) in [5, 5.41) is 1.52. The summed E-state index contributed by atoms with van der Waals surface area (Å²) >= 11 is 9.39. The molecule has 0 aromatic heterocycles. The minimum atomic E-state index is 0. The van der Waals surface area contributed by atoms with Crippen molar-refractivity contribution in [2.45, 2.75) is 13.8 Å². The van der Waals surface area contributed by atoms with Crippen LogP contribution in [0.1, 0.15) is 13.8 Å². The molecule has 0 aromatic rings. The van der Waals surface area contributed by atoms with E-state index in [1.54, 1.807) is 0 Å². The smallest absolute Gasteiger partial charge is 0.409 e. The molecule has 10 heavy (non-hydrogen) atoms. The minimum absolute atomic E-state index is 0. The van der Waals surface area contributed by atoms with Gasteiger partial charge in [-0.3, -0.25) is 9.90 Å². The number of nitrogens with zero attached hydrogens (tertiary/aromatic N) is 1.